The molecule has 26 heteroatoms. The van der Waals surface area contributed by atoms with Crippen LogP contribution in [0.1, 0.15) is 146 Å². The number of carboxylic acid groups (broad SMARTS) is 1. The molecule has 14 atom stereocenters. The number of nitrogens with one attached hydrogen (secondary N) is 5. The van der Waals surface area contributed by atoms with Gasteiger partial charge in [0.15, 0.2) is 17.5 Å². The van der Waals surface area contributed by atoms with Gasteiger partial charge in [-0.3, -0.25) is 38.4 Å². The van der Waals surface area contributed by atoms with E-state index in [1.807, 2.05) is 0 Å². The van der Waals surface area contributed by atoms with Crippen LogP contribution in [0.3, 0.4) is 0 Å². The first kappa shape index (κ1) is 72.0. The van der Waals surface area contributed by atoms with Crippen LogP contribution < -0.4 is 32.3 Å². The zero-order chi connectivity index (χ0) is 68.5. The van der Waals surface area contributed by atoms with Gasteiger partial charge in [-0.2, -0.15) is 0 Å². The first-order valence-electron chi connectivity index (χ1n) is 31.0. The van der Waals surface area contributed by atoms with Gasteiger partial charge in [-0.1, -0.05) is 101 Å². The molecule has 2 bridgehead atoms. The number of hydrogen-bond acceptors (Lipinski definition) is 19. The Hall–Kier alpha value is -8.43. The van der Waals surface area contributed by atoms with E-state index in [0.29, 0.717) is 11.1 Å². The summed E-state index contributed by atoms with van der Waals surface area (Å²) in [6.07, 6.45) is -11.6. The number of unbranched alkanes of at least 4 members (excludes halogenated alkanes) is 1. The lowest BCUT2D eigenvalue weighted by molar-refractivity contribution is -0.346. The molecule has 1 aliphatic heterocycles. The number of amides is 6. The maximum absolute atomic E-state index is 15.4. The molecule has 6 amide bonds. The summed E-state index contributed by atoms with van der Waals surface area (Å²) in [5.41, 5.74) is -2.96. The average molecular weight is 1300 g/mol. The van der Waals surface area contributed by atoms with Gasteiger partial charge in [-0.05, 0) is 87.4 Å². The molecular formula is C67H86N6O20. The van der Waals surface area contributed by atoms with Crippen molar-refractivity contribution in [2.45, 2.75) is 186 Å². The van der Waals surface area contributed by atoms with E-state index in [1.54, 1.807) is 99.6 Å². The van der Waals surface area contributed by atoms with Gasteiger partial charge in [-0.15, -0.1) is 0 Å². The molecule has 0 radical (unpaired) electrons. The Morgan fingerprint density at radius 1 is 0.774 bits per heavy atom. The molecule has 26 nitrogen and oxygen atoms in total. The van der Waals surface area contributed by atoms with Crippen molar-refractivity contribution >= 4 is 65.1 Å². The number of benzene rings is 3. The van der Waals surface area contributed by atoms with Crippen LogP contribution in [0, 0.1) is 22.2 Å². The molecule has 0 unspecified atom stereocenters. The lowest BCUT2D eigenvalue weighted by atomic mass is 9.44. The van der Waals surface area contributed by atoms with Crippen molar-refractivity contribution in [3.05, 3.63) is 119 Å². The second kappa shape index (κ2) is 29.7. The Labute approximate surface area is 538 Å². The number of Topliss-reactive ketones (excluding diaryl/α,β-unsaturated/α-hetero) is 1. The molecule has 11 N–H and O–H groups in total. The van der Waals surface area contributed by atoms with Gasteiger partial charge in [0.05, 0.1) is 42.3 Å². The van der Waals surface area contributed by atoms with Crippen LogP contribution in [-0.4, -0.2) is 171 Å². The molecule has 93 heavy (non-hydrogen) atoms. The number of fused-ring (bicyclic) bond motifs is 5. The van der Waals surface area contributed by atoms with Crippen LogP contribution in [0.2, 0.25) is 0 Å². The van der Waals surface area contributed by atoms with Crippen LogP contribution in [-0.2, 0) is 66.8 Å². The summed E-state index contributed by atoms with van der Waals surface area (Å²) in [7, 11) is 0. The number of carbonyl (C=O) groups is 11. The van der Waals surface area contributed by atoms with Gasteiger partial charge in [0.1, 0.15) is 48.1 Å². The van der Waals surface area contributed by atoms with E-state index in [9.17, 15) is 63.6 Å². The first-order chi connectivity index (χ1) is 43.7. The van der Waals surface area contributed by atoms with E-state index < -0.39 is 179 Å². The molecule has 3 fully saturated rings. The number of aliphatic hydroxyl groups is 3. The predicted octanol–water partition coefficient (Wildman–Crippen LogP) is 2.74. The van der Waals surface area contributed by atoms with Gasteiger partial charge < -0.3 is 76.4 Å². The van der Waals surface area contributed by atoms with Crippen molar-refractivity contribution in [1.82, 2.24) is 26.6 Å². The van der Waals surface area contributed by atoms with E-state index in [2.05, 4.69) is 26.6 Å². The summed E-state index contributed by atoms with van der Waals surface area (Å²) >= 11 is 0. The molecule has 504 valence electrons. The molecule has 1 heterocycles. The number of aliphatic hydroxyl groups excluding tert-OH is 2. The lowest BCUT2D eigenvalue weighted by Crippen LogP contribution is -2.81. The van der Waals surface area contributed by atoms with Crippen LogP contribution in [0.5, 0.6) is 0 Å². The Morgan fingerprint density at radius 3 is 1.96 bits per heavy atom. The topological polar surface area (TPSA) is 401 Å². The van der Waals surface area contributed by atoms with E-state index in [4.69, 9.17) is 29.4 Å². The summed E-state index contributed by atoms with van der Waals surface area (Å²) in [5.74, 6) is -11.0. The van der Waals surface area contributed by atoms with E-state index in [1.165, 1.54) is 46.8 Å². The van der Waals surface area contributed by atoms with E-state index in [-0.39, 0.29) is 68.4 Å². The fourth-order valence-corrected chi connectivity index (χ4v) is 13.0. The van der Waals surface area contributed by atoms with Crippen molar-refractivity contribution in [2.24, 2.45) is 27.9 Å². The van der Waals surface area contributed by atoms with Crippen LogP contribution >= 0.6 is 0 Å². The zero-order valence-electron chi connectivity index (χ0n) is 53.7. The molecule has 1 saturated heterocycles. The molecule has 4 aliphatic rings. The monoisotopic (exact) mass is 1290 g/mol. The van der Waals surface area contributed by atoms with Crippen molar-refractivity contribution in [3.63, 3.8) is 0 Å². The molecule has 7 rings (SSSR count). The summed E-state index contributed by atoms with van der Waals surface area (Å²) in [6, 6.07) is 19.0. The zero-order valence-corrected chi connectivity index (χ0v) is 53.7. The minimum absolute atomic E-state index is 0.0303. The van der Waals surface area contributed by atoms with Crippen LogP contribution in [0.4, 0.5) is 0 Å². The summed E-state index contributed by atoms with van der Waals surface area (Å²) in [6.45, 7) is 12.6. The maximum Gasteiger partial charge on any atom is 0.338 e. The number of aliphatic carboxylic acids is 1. The number of rotatable bonds is 27. The number of nitrogens with two attached hydrogens (primary N) is 1. The van der Waals surface area contributed by atoms with E-state index in [0.717, 1.165) is 6.92 Å². The van der Waals surface area contributed by atoms with Crippen molar-refractivity contribution in [1.29, 1.82) is 0 Å². The summed E-state index contributed by atoms with van der Waals surface area (Å²) in [5, 5.41) is 61.4. The number of ketones is 1. The highest BCUT2D eigenvalue weighted by molar-refractivity contribution is 5.98. The van der Waals surface area contributed by atoms with Crippen LogP contribution in [0.25, 0.3) is 0 Å². The van der Waals surface area contributed by atoms with Gasteiger partial charge in [0, 0.05) is 55.5 Å². The smallest absolute Gasteiger partial charge is 0.338 e. The standard InChI is InChI=1S/C67H86N6O20/c1-36-44(34-67(88)55(92-60(85)41-25-17-12-18-26-41)53-65(9,54(79)51(78)49(36)64(67,7)8)45(75)33-46-66(53,35-90-46)93-38(3)74)91-61(86)52(50(39-21-13-10-14-22-39)73-62(87)63(4,5)6)89-32-30-47(76)69-31-20-19-27-43(59(83)84)71-48(77)29-28-42(56(68)80)72-57(81)37(2)70-58(82)40-23-15-11-16-24-40/h10-18,21-26,37,42-46,50-53,55,75,78,88H,19-20,27-35H2,1-9H3,(H2,68,80)(H,69,76)(H,70,82)(H,71,77)(H,72,81)(H,73,87)(H,83,84)/t37-,42+,43-,44-,45-,46+,50-,51+,52+,53-,55-,65+,66-,67+/m0/s1. The Balaban J connectivity index is 1.06. The molecule has 3 aromatic carbocycles. The maximum atomic E-state index is 15.4. The first-order valence-corrected chi connectivity index (χ1v) is 31.0. The largest absolute Gasteiger partial charge is 0.480 e. The second-order valence-electron chi connectivity index (χ2n) is 26.1. The Morgan fingerprint density at radius 2 is 1.39 bits per heavy atom. The van der Waals surface area contributed by atoms with E-state index >= 15 is 9.59 Å². The SMILES string of the molecule is CC(=O)O[C@@]12CO[C@@H]1C[C@H](O)[C@@]1(C)C(=O)[C@H](O)C3=C(C)[C@@H](OC(=O)[C@H](OCCC(=O)NCCCC[C@H](NC(=O)CC[C@@H](NC(=O)[C@H](C)NC(=O)c4ccccc4)C(N)=O)C(=O)O)[C@@H](NC(=O)C(C)(C)C)c4ccccc4)C[C@@](O)([C@@H](OC(=O)c4ccccc4)[C@H]21)C3(C)C. The van der Waals surface area contributed by atoms with Gasteiger partial charge in [0.25, 0.3) is 5.91 Å². The number of carboxylic acids is 1. The Bertz CT molecular complexity index is 3320. The highest BCUT2D eigenvalue weighted by atomic mass is 16.6. The minimum Gasteiger partial charge on any atom is -0.480 e. The predicted molar refractivity (Wildman–Crippen MR) is 330 cm³/mol. The quantitative estimate of drug-likeness (QED) is 0.0227. The van der Waals surface area contributed by atoms with Crippen molar-refractivity contribution in [3.8, 4) is 0 Å². The lowest BCUT2D eigenvalue weighted by Gasteiger charge is -2.67. The number of ether oxygens (including phenoxy) is 5. The van der Waals surface area contributed by atoms with Crippen molar-refractivity contribution < 1.29 is 96.9 Å². The third kappa shape index (κ3) is 15.8. The molecular weight excluding hydrogens is 1210 g/mol. The highest BCUT2D eigenvalue weighted by Gasteiger charge is 2.78. The highest BCUT2D eigenvalue weighted by Crippen LogP contribution is 2.64. The average Bonchev–Trinajstić information content (AvgIpc) is 0.671. The second-order valence-corrected chi connectivity index (χ2v) is 26.1. The normalized spacial score (nSPS) is 26.1. The number of esters is 3. The van der Waals surface area contributed by atoms with Gasteiger partial charge >= 0.3 is 23.9 Å². The fourth-order valence-electron chi connectivity index (χ4n) is 13.0. The van der Waals surface area contributed by atoms with Crippen LogP contribution in [0.15, 0.2) is 102 Å². The number of primary amides is 1. The fraction of sp³-hybridized carbons (Fsp3) is 0.537. The van der Waals surface area contributed by atoms with Gasteiger partial charge in [-0.25, -0.2) is 14.4 Å². The number of carbonyl (C=O) groups excluding carboxylic acids is 10. The third-order valence-corrected chi connectivity index (χ3v) is 18.4. The minimum atomic E-state index is -2.46. The molecule has 2 saturated carbocycles. The molecule has 3 aliphatic carbocycles. The Kier molecular flexibility index (Phi) is 23.0. The third-order valence-electron chi connectivity index (χ3n) is 18.4. The van der Waals surface area contributed by atoms with Gasteiger partial charge in [0.2, 0.25) is 29.5 Å². The summed E-state index contributed by atoms with van der Waals surface area (Å²) < 4.78 is 31.1. The number of hydrogen-bond donors (Lipinski definition) is 10. The molecule has 0 aromatic heterocycles. The summed E-state index contributed by atoms with van der Waals surface area (Å²) in [4.78, 5) is 148. The van der Waals surface area contributed by atoms with Crippen molar-refractivity contribution in [2.75, 3.05) is 19.8 Å². The molecule has 3 aromatic rings. The molecule has 0 spiro atoms.